The molecule has 20 heavy (non-hydrogen) atoms. The lowest BCUT2D eigenvalue weighted by Gasteiger charge is -2.10. The monoisotopic (exact) mass is 388 g/mol. The van der Waals surface area contributed by atoms with Gasteiger partial charge in [0.15, 0.2) is 0 Å². The van der Waals surface area contributed by atoms with Crippen LogP contribution in [0.1, 0.15) is 0 Å². The zero-order valence-corrected chi connectivity index (χ0v) is 14.1. The first-order valence-corrected chi connectivity index (χ1v) is 8.91. The fourth-order valence-electron chi connectivity index (χ4n) is 1.62. The minimum Gasteiger partial charge on any atom is -0.207 e. The van der Waals surface area contributed by atoms with Gasteiger partial charge in [0.2, 0.25) is 0 Å². The van der Waals surface area contributed by atoms with E-state index in [1.165, 1.54) is 24.3 Å². The van der Waals surface area contributed by atoms with Crippen molar-refractivity contribution in [1.29, 1.82) is 0 Å². The molecule has 0 N–H and O–H groups in total. The van der Waals surface area contributed by atoms with Crippen molar-refractivity contribution in [2.75, 3.05) is 0 Å². The Hall–Kier alpha value is -0.160. The fourth-order valence-corrected chi connectivity index (χ4v) is 3.45. The smallest absolute Gasteiger partial charge is 0.207 e. The van der Waals surface area contributed by atoms with Crippen LogP contribution in [-0.4, -0.2) is 8.42 Å². The summed E-state index contributed by atoms with van der Waals surface area (Å²) < 4.78 is 22.5. The lowest BCUT2D eigenvalue weighted by Crippen LogP contribution is -1.91. The molecule has 0 saturated heterocycles. The second-order valence-corrected chi connectivity index (χ2v) is 8.02. The highest BCUT2D eigenvalue weighted by Gasteiger charge is 2.16. The van der Waals surface area contributed by atoms with Crippen LogP contribution in [0.2, 0.25) is 20.1 Å². The van der Waals surface area contributed by atoms with Gasteiger partial charge in [-0.25, -0.2) is 8.42 Å². The highest BCUT2D eigenvalue weighted by Crippen LogP contribution is 2.40. The molecular formula is C12H5Cl5O2S. The van der Waals surface area contributed by atoms with Gasteiger partial charge < -0.3 is 0 Å². The molecule has 8 heteroatoms. The van der Waals surface area contributed by atoms with Crippen molar-refractivity contribution < 1.29 is 8.42 Å². The third kappa shape index (κ3) is 3.35. The van der Waals surface area contributed by atoms with Gasteiger partial charge in [-0.2, -0.15) is 0 Å². The largest absolute Gasteiger partial charge is 0.261 e. The Morgan fingerprint density at radius 1 is 0.800 bits per heavy atom. The normalized spacial score (nSPS) is 11.7. The third-order valence-electron chi connectivity index (χ3n) is 2.51. The minimum absolute atomic E-state index is 0.0998. The van der Waals surface area contributed by atoms with E-state index >= 15 is 0 Å². The Morgan fingerprint density at radius 2 is 1.45 bits per heavy atom. The van der Waals surface area contributed by atoms with Gasteiger partial charge in [0.25, 0.3) is 9.05 Å². The summed E-state index contributed by atoms with van der Waals surface area (Å²) in [7, 11) is 1.41. The highest BCUT2D eigenvalue weighted by molar-refractivity contribution is 8.13. The van der Waals surface area contributed by atoms with Crippen molar-refractivity contribution in [3.63, 3.8) is 0 Å². The lowest BCUT2D eigenvalue weighted by molar-refractivity contribution is 0.609. The van der Waals surface area contributed by atoms with Crippen LogP contribution in [0.4, 0.5) is 0 Å². The van der Waals surface area contributed by atoms with Crippen molar-refractivity contribution in [3.05, 3.63) is 50.4 Å². The molecule has 0 aromatic heterocycles. The van der Waals surface area contributed by atoms with Crippen LogP contribution in [-0.2, 0) is 9.05 Å². The zero-order chi connectivity index (χ0) is 15.1. The fraction of sp³-hybridized carbons (Fsp3) is 0. The van der Waals surface area contributed by atoms with E-state index < -0.39 is 9.05 Å². The summed E-state index contributed by atoms with van der Waals surface area (Å²) in [5.74, 6) is 0. The molecule has 2 aromatic rings. The minimum atomic E-state index is -3.85. The van der Waals surface area contributed by atoms with E-state index in [4.69, 9.17) is 57.1 Å². The first-order valence-electron chi connectivity index (χ1n) is 5.09. The maximum atomic E-state index is 11.2. The number of halogens is 5. The van der Waals surface area contributed by atoms with Crippen LogP contribution in [0, 0.1) is 0 Å². The second kappa shape index (κ2) is 5.91. The quantitative estimate of drug-likeness (QED) is 0.473. The highest BCUT2D eigenvalue weighted by atomic mass is 35.7. The van der Waals surface area contributed by atoms with E-state index in [9.17, 15) is 8.42 Å². The number of hydrogen-bond donors (Lipinski definition) is 0. The molecule has 0 atom stereocenters. The Kier molecular flexibility index (Phi) is 4.80. The molecule has 0 heterocycles. The molecule has 0 radical (unpaired) electrons. The molecule has 106 valence electrons. The summed E-state index contributed by atoms with van der Waals surface area (Å²) in [5.41, 5.74) is 1.01. The predicted molar refractivity (Wildman–Crippen MR) is 85.0 cm³/mol. The third-order valence-corrected chi connectivity index (χ3v) is 5.19. The van der Waals surface area contributed by atoms with Crippen LogP contribution in [0.3, 0.4) is 0 Å². The van der Waals surface area contributed by atoms with Gasteiger partial charge in [-0.3, -0.25) is 0 Å². The van der Waals surface area contributed by atoms with Gasteiger partial charge in [0, 0.05) is 31.9 Å². The first-order chi connectivity index (χ1) is 9.20. The summed E-state index contributed by atoms with van der Waals surface area (Å²) in [5, 5.41) is 1.12. The maximum Gasteiger partial charge on any atom is 0.261 e. The molecule has 0 saturated carbocycles. The molecule has 0 fully saturated rings. The van der Waals surface area contributed by atoms with Gasteiger partial charge in [-0.1, -0.05) is 52.5 Å². The summed E-state index contributed by atoms with van der Waals surface area (Å²) in [4.78, 5) is -0.0998. The molecule has 0 aliphatic carbocycles. The Balaban J connectivity index is 2.66. The number of hydrogen-bond acceptors (Lipinski definition) is 2. The molecule has 2 nitrogen and oxygen atoms in total. The zero-order valence-electron chi connectivity index (χ0n) is 9.50. The summed E-state index contributed by atoms with van der Waals surface area (Å²) >= 11 is 24.1. The van der Waals surface area contributed by atoms with Gasteiger partial charge in [-0.15, -0.1) is 0 Å². The van der Waals surface area contributed by atoms with Gasteiger partial charge in [0.05, 0.1) is 14.9 Å². The molecular weight excluding hydrogens is 385 g/mol. The topological polar surface area (TPSA) is 34.1 Å². The van der Waals surface area contributed by atoms with Crippen molar-refractivity contribution in [2.24, 2.45) is 0 Å². The molecule has 0 amide bonds. The molecule has 2 aromatic carbocycles. The van der Waals surface area contributed by atoms with Crippen molar-refractivity contribution in [1.82, 2.24) is 0 Å². The summed E-state index contributed by atoms with van der Waals surface area (Å²) in [6.07, 6.45) is 0. The van der Waals surface area contributed by atoms with E-state index in [1.54, 1.807) is 6.07 Å². The Morgan fingerprint density at radius 3 is 2.00 bits per heavy atom. The average Bonchev–Trinajstić information content (AvgIpc) is 2.33. The van der Waals surface area contributed by atoms with Crippen LogP contribution in [0.25, 0.3) is 11.1 Å². The van der Waals surface area contributed by atoms with Crippen molar-refractivity contribution in [3.8, 4) is 11.1 Å². The van der Waals surface area contributed by atoms with Gasteiger partial charge in [-0.05, 0) is 24.3 Å². The number of benzene rings is 2. The molecule has 0 bridgehead atoms. The first kappa shape index (κ1) is 16.2. The van der Waals surface area contributed by atoms with Crippen molar-refractivity contribution in [2.45, 2.75) is 4.90 Å². The van der Waals surface area contributed by atoms with Crippen LogP contribution in [0.5, 0.6) is 0 Å². The van der Waals surface area contributed by atoms with E-state index in [-0.39, 0.29) is 20.0 Å². The summed E-state index contributed by atoms with van der Waals surface area (Å²) in [6.45, 7) is 0. The van der Waals surface area contributed by atoms with Crippen LogP contribution < -0.4 is 0 Å². The standard InChI is InChI=1S/C12H5Cl5O2S/c13-6-3-9(12(16)11(15)4-6)8-2-1-7(5-10(8)14)20(17,18)19/h1-5H. The van der Waals surface area contributed by atoms with Crippen molar-refractivity contribution >= 4 is 66.1 Å². The van der Waals surface area contributed by atoms with Gasteiger partial charge in [0.1, 0.15) is 0 Å². The Bertz CT molecular complexity index is 787. The maximum absolute atomic E-state index is 11.2. The number of rotatable bonds is 2. The summed E-state index contributed by atoms with van der Waals surface area (Å²) in [6, 6.07) is 7.15. The lowest BCUT2D eigenvalue weighted by atomic mass is 10.1. The van der Waals surface area contributed by atoms with Crippen LogP contribution in [0.15, 0.2) is 35.2 Å². The van der Waals surface area contributed by atoms with E-state index in [0.717, 1.165) is 0 Å². The molecule has 0 aliphatic rings. The van der Waals surface area contributed by atoms with E-state index in [2.05, 4.69) is 0 Å². The van der Waals surface area contributed by atoms with Crippen LogP contribution >= 0.6 is 57.1 Å². The SMILES string of the molecule is O=S(=O)(Cl)c1ccc(-c2cc(Cl)cc(Cl)c2Cl)c(Cl)c1. The second-order valence-electron chi connectivity index (χ2n) is 3.83. The predicted octanol–water partition coefficient (Wildman–Crippen LogP) is 5.89. The molecule has 0 aliphatic heterocycles. The van der Waals surface area contributed by atoms with E-state index in [0.29, 0.717) is 16.1 Å². The Labute approximate surface area is 140 Å². The average molecular weight is 391 g/mol. The van der Waals surface area contributed by atoms with E-state index in [1.807, 2.05) is 0 Å². The molecule has 0 unspecified atom stereocenters. The molecule has 2 rings (SSSR count). The molecule has 0 spiro atoms. The van der Waals surface area contributed by atoms with Gasteiger partial charge >= 0.3 is 0 Å².